The molecule has 0 bridgehead atoms. The normalized spacial score (nSPS) is 16.1. The van der Waals surface area contributed by atoms with Crippen LogP contribution >= 0.6 is 0 Å². The average molecular weight is 215 g/mol. The summed E-state index contributed by atoms with van der Waals surface area (Å²) in [6, 6.07) is 3.60. The third kappa shape index (κ3) is 2.38. The summed E-state index contributed by atoms with van der Waals surface area (Å²) in [6.07, 6.45) is 6.00. The smallest absolute Gasteiger partial charge is 0.231 e. The van der Waals surface area contributed by atoms with E-state index in [-0.39, 0.29) is 23.8 Å². The fraction of sp³-hybridized carbons (Fsp3) is 0.0909. The van der Waals surface area contributed by atoms with Crippen LogP contribution in [0.3, 0.4) is 0 Å². The van der Waals surface area contributed by atoms with E-state index < -0.39 is 0 Å². The summed E-state index contributed by atoms with van der Waals surface area (Å²) in [5, 5.41) is 2.45. The lowest BCUT2D eigenvalue weighted by atomic mass is 10.2. The second-order valence-corrected chi connectivity index (χ2v) is 3.24. The highest BCUT2D eigenvalue weighted by Gasteiger charge is 2.17. The zero-order valence-electron chi connectivity index (χ0n) is 8.38. The van der Waals surface area contributed by atoms with E-state index in [9.17, 15) is 9.59 Å². The van der Waals surface area contributed by atoms with Gasteiger partial charge in [0.25, 0.3) is 0 Å². The highest BCUT2D eigenvalue weighted by molar-refractivity contribution is 6.10. The molecule has 1 aliphatic rings. The monoisotopic (exact) mass is 215 g/mol. The molecule has 5 heteroatoms. The Morgan fingerprint density at radius 3 is 3.00 bits per heavy atom. The maximum absolute atomic E-state index is 11.4. The van der Waals surface area contributed by atoms with Crippen LogP contribution in [0.25, 0.3) is 0 Å². The number of hydrogen-bond donors (Lipinski definition) is 1. The molecular weight excluding hydrogens is 206 g/mol. The molecule has 1 aromatic rings. The SMILES string of the molecule is O=C1CC(=O)C(N=Cc2cccnc2)=CN1. The van der Waals surface area contributed by atoms with Crippen molar-refractivity contribution in [2.45, 2.75) is 6.42 Å². The van der Waals surface area contributed by atoms with Gasteiger partial charge in [-0.3, -0.25) is 19.6 Å². The summed E-state index contributed by atoms with van der Waals surface area (Å²) in [5.41, 5.74) is 1.05. The van der Waals surface area contributed by atoms with Crippen molar-refractivity contribution in [3.63, 3.8) is 0 Å². The van der Waals surface area contributed by atoms with Crippen LogP contribution in [0.5, 0.6) is 0 Å². The third-order valence-corrected chi connectivity index (χ3v) is 2.01. The number of pyridine rings is 1. The van der Waals surface area contributed by atoms with Crippen molar-refractivity contribution >= 4 is 17.9 Å². The maximum Gasteiger partial charge on any atom is 0.231 e. The van der Waals surface area contributed by atoms with Gasteiger partial charge in [-0.15, -0.1) is 0 Å². The van der Waals surface area contributed by atoms with Gasteiger partial charge in [-0.2, -0.15) is 0 Å². The van der Waals surface area contributed by atoms with Gasteiger partial charge >= 0.3 is 0 Å². The van der Waals surface area contributed by atoms with Gasteiger partial charge in [0.1, 0.15) is 5.70 Å². The van der Waals surface area contributed by atoms with E-state index in [2.05, 4.69) is 15.3 Å². The van der Waals surface area contributed by atoms with E-state index in [4.69, 9.17) is 0 Å². The summed E-state index contributed by atoms with van der Waals surface area (Å²) in [5.74, 6) is -0.575. The molecule has 16 heavy (non-hydrogen) atoms. The minimum atomic E-state index is -0.301. The molecule has 0 aliphatic carbocycles. The van der Waals surface area contributed by atoms with Gasteiger partial charge in [0.05, 0.1) is 6.42 Å². The molecule has 0 fully saturated rings. The van der Waals surface area contributed by atoms with Gasteiger partial charge in [0.15, 0.2) is 5.78 Å². The number of Topliss-reactive ketones (excluding diaryl/α,β-unsaturated/α-hetero) is 1. The predicted octanol–water partition coefficient (Wildman–Crippen LogP) is 0.431. The van der Waals surface area contributed by atoms with Gasteiger partial charge < -0.3 is 5.32 Å². The molecule has 0 spiro atoms. The first-order valence-corrected chi connectivity index (χ1v) is 4.72. The van der Waals surface area contributed by atoms with Crippen LogP contribution < -0.4 is 5.32 Å². The fourth-order valence-electron chi connectivity index (χ4n) is 1.22. The summed E-state index contributed by atoms with van der Waals surface area (Å²) in [4.78, 5) is 30.1. The standard InChI is InChI=1S/C11H9N3O2/c15-10-4-11(16)14-7-9(10)13-6-8-2-1-3-12-5-8/h1-3,5-7H,4H2,(H,14,16). The lowest BCUT2D eigenvalue weighted by Gasteiger charge is -2.07. The van der Waals surface area contributed by atoms with Gasteiger partial charge in [0, 0.05) is 30.4 Å². The van der Waals surface area contributed by atoms with E-state index in [1.54, 1.807) is 18.5 Å². The molecule has 2 rings (SSSR count). The number of carbonyl (C=O) groups excluding carboxylic acids is 2. The molecule has 2 heterocycles. The van der Waals surface area contributed by atoms with Crippen molar-refractivity contribution in [3.8, 4) is 0 Å². The Kier molecular flexibility index (Phi) is 2.86. The number of rotatable bonds is 2. The van der Waals surface area contributed by atoms with Crippen molar-refractivity contribution < 1.29 is 9.59 Å². The Morgan fingerprint density at radius 1 is 1.44 bits per heavy atom. The summed E-state index contributed by atoms with van der Waals surface area (Å²) < 4.78 is 0. The first-order valence-electron chi connectivity index (χ1n) is 4.72. The van der Waals surface area contributed by atoms with E-state index >= 15 is 0 Å². The predicted molar refractivity (Wildman–Crippen MR) is 57.7 cm³/mol. The largest absolute Gasteiger partial charge is 0.330 e. The van der Waals surface area contributed by atoms with Gasteiger partial charge in [-0.05, 0) is 6.07 Å². The van der Waals surface area contributed by atoms with Crippen LogP contribution in [0.2, 0.25) is 0 Å². The lowest BCUT2D eigenvalue weighted by Crippen LogP contribution is -2.27. The Bertz CT molecular complexity index is 477. The van der Waals surface area contributed by atoms with Crippen LogP contribution in [0.15, 0.2) is 41.4 Å². The number of hydrogen-bond acceptors (Lipinski definition) is 4. The topological polar surface area (TPSA) is 71.4 Å². The molecule has 0 unspecified atom stereocenters. The number of ketones is 1. The number of carbonyl (C=O) groups is 2. The summed E-state index contributed by atoms with van der Waals surface area (Å²) in [7, 11) is 0. The number of nitrogens with zero attached hydrogens (tertiary/aromatic N) is 2. The van der Waals surface area contributed by atoms with E-state index in [1.165, 1.54) is 12.4 Å². The minimum absolute atomic E-state index is 0.143. The van der Waals surface area contributed by atoms with Gasteiger partial charge in [-0.1, -0.05) is 6.07 Å². The van der Waals surface area contributed by atoms with Crippen LogP contribution in [0.4, 0.5) is 0 Å². The van der Waals surface area contributed by atoms with Crippen molar-refractivity contribution in [2.75, 3.05) is 0 Å². The average Bonchev–Trinajstić information content (AvgIpc) is 2.29. The molecule has 1 amide bonds. The van der Waals surface area contributed by atoms with Crippen molar-refractivity contribution in [1.82, 2.24) is 10.3 Å². The highest BCUT2D eigenvalue weighted by atomic mass is 16.2. The molecule has 1 aliphatic heterocycles. The molecule has 1 aromatic heterocycles. The summed E-state index contributed by atoms with van der Waals surface area (Å²) >= 11 is 0. The van der Waals surface area contributed by atoms with Crippen LogP contribution in [0, 0.1) is 0 Å². The minimum Gasteiger partial charge on any atom is -0.330 e. The van der Waals surface area contributed by atoms with Gasteiger partial charge in [0.2, 0.25) is 5.91 Å². The number of aromatic nitrogens is 1. The zero-order chi connectivity index (χ0) is 11.4. The van der Waals surface area contributed by atoms with Crippen molar-refractivity contribution in [1.29, 1.82) is 0 Å². The zero-order valence-corrected chi connectivity index (χ0v) is 8.38. The number of amides is 1. The molecular formula is C11H9N3O2. The quantitative estimate of drug-likeness (QED) is 0.574. The molecule has 0 saturated carbocycles. The number of aliphatic imine (C=N–C) groups is 1. The second kappa shape index (κ2) is 4.48. The fourth-order valence-corrected chi connectivity index (χ4v) is 1.22. The van der Waals surface area contributed by atoms with Gasteiger partial charge in [-0.25, -0.2) is 0 Å². The molecule has 0 aromatic carbocycles. The Hall–Kier alpha value is -2.30. The summed E-state index contributed by atoms with van der Waals surface area (Å²) in [6.45, 7) is 0. The molecule has 0 saturated heterocycles. The molecule has 1 N–H and O–H groups in total. The van der Waals surface area contributed by atoms with Crippen molar-refractivity contribution in [3.05, 3.63) is 42.0 Å². The Morgan fingerprint density at radius 2 is 2.31 bits per heavy atom. The molecule has 80 valence electrons. The van der Waals surface area contributed by atoms with E-state index in [1.807, 2.05) is 6.07 Å². The molecule has 5 nitrogen and oxygen atoms in total. The van der Waals surface area contributed by atoms with E-state index in [0.717, 1.165) is 5.56 Å². The Balaban J connectivity index is 2.13. The maximum atomic E-state index is 11.4. The first-order chi connectivity index (χ1) is 7.75. The Labute approximate surface area is 91.9 Å². The van der Waals surface area contributed by atoms with Crippen LogP contribution in [-0.4, -0.2) is 22.9 Å². The number of allylic oxidation sites excluding steroid dienone is 1. The first kappa shape index (κ1) is 10.2. The number of nitrogens with one attached hydrogen (secondary N) is 1. The second-order valence-electron chi connectivity index (χ2n) is 3.24. The third-order valence-electron chi connectivity index (χ3n) is 2.01. The van der Waals surface area contributed by atoms with E-state index in [0.29, 0.717) is 0 Å². The highest BCUT2D eigenvalue weighted by Crippen LogP contribution is 2.06. The van der Waals surface area contributed by atoms with Crippen molar-refractivity contribution in [2.24, 2.45) is 4.99 Å². The molecule has 0 atom stereocenters. The molecule has 0 radical (unpaired) electrons. The van der Waals surface area contributed by atoms with Crippen LogP contribution in [-0.2, 0) is 9.59 Å². The lowest BCUT2D eigenvalue weighted by molar-refractivity contribution is -0.126. The van der Waals surface area contributed by atoms with Crippen LogP contribution in [0.1, 0.15) is 12.0 Å².